The van der Waals surface area contributed by atoms with Crippen molar-refractivity contribution in [3.05, 3.63) is 58.1 Å². The molecule has 2 aromatic carbocycles. The summed E-state index contributed by atoms with van der Waals surface area (Å²) in [7, 11) is 1.99. The van der Waals surface area contributed by atoms with Gasteiger partial charge in [0.2, 0.25) is 0 Å². The molecule has 3 rings (SSSR count). The second-order valence-corrected chi connectivity index (χ2v) is 8.11. The summed E-state index contributed by atoms with van der Waals surface area (Å²) in [5, 5.41) is 7.69. The fourth-order valence-electron chi connectivity index (χ4n) is 3.29. The third kappa shape index (κ3) is 8.90. The number of hydrazine groups is 1. The minimum atomic E-state index is -4.78. The van der Waals surface area contributed by atoms with Gasteiger partial charge in [0.05, 0.1) is 5.69 Å². The summed E-state index contributed by atoms with van der Waals surface area (Å²) >= 11 is 12.0. The minimum Gasteiger partial charge on any atom is -0.483 e. The highest BCUT2D eigenvalue weighted by atomic mass is 35.5. The van der Waals surface area contributed by atoms with Crippen LogP contribution in [-0.2, 0) is 9.59 Å². The lowest BCUT2D eigenvalue weighted by Gasteiger charge is -2.37. The molecular weight excluding hydrogens is 500 g/mol. The lowest BCUT2D eigenvalue weighted by atomic mass is 10.0. The van der Waals surface area contributed by atoms with E-state index in [0.29, 0.717) is 34.4 Å². The first-order valence-corrected chi connectivity index (χ1v) is 10.7. The van der Waals surface area contributed by atoms with E-state index < -0.39 is 12.4 Å². The van der Waals surface area contributed by atoms with Crippen molar-refractivity contribution in [2.24, 2.45) is 0 Å². The van der Waals surface area contributed by atoms with Gasteiger partial charge < -0.3 is 14.7 Å². The number of alkyl halides is 3. The fourth-order valence-corrected chi connectivity index (χ4v) is 3.81. The van der Waals surface area contributed by atoms with Crippen LogP contribution in [0.15, 0.2) is 42.5 Å². The van der Waals surface area contributed by atoms with Gasteiger partial charge in [-0.05, 0) is 42.9 Å². The van der Waals surface area contributed by atoms with Gasteiger partial charge in [-0.2, -0.15) is 0 Å². The molecule has 1 unspecified atom stereocenters. The van der Waals surface area contributed by atoms with Crippen LogP contribution in [-0.4, -0.2) is 66.9 Å². The molecule has 0 bridgehead atoms. The average Bonchev–Trinajstić information content (AvgIpc) is 2.74. The summed E-state index contributed by atoms with van der Waals surface area (Å²) < 4.78 is 41.3. The van der Waals surface area contributed by atoms with E-state index >= 15 is 0 Å². The number of carboxylic acid groups (broad SMARTS) is 1. The van der Waals surface area contributed by atoms with Crippen LogP contribution in [0.5, 0.6) is 5.75 Å². The maximum absolute atomic E-state index is 13.1. The van der Waals surface area contributed by atoms with E-state index in [1.807, 2.05) is 11.9 Å². The Balaban J connectivity index is 0.00000129. The van der Waals surface area contributed by atoms with Crippen LogP contribution in [0.1, 0.15) is 11.6 Å². The van der Waals surface area contributed by atoms with E-state index in [0.717, 1.165) is 13.1 Å². The number of ether oxygens (including phenoxy) is 1. The SMILES string of the molecule is CN1CCN(C(C(=O)NNc2cc(Cl)cc(Cl)c2)c2ccc(OC(F)(F)F)cc2)CC1.O=CO. The number of piperazine rings is 1. The van der Waals surface area contributed by atoms with Gasteiger partial charge in [0.1, 0.15) is 11.8 Å². The Morgan fingerprint density at radius 3 is 2.12 bits per heavy atom. The molecule has 1 amide bonds. The van der Waals surface area contributed by atoms with Crippen molar-refractivity contribution in [3.63, 3.8) is 0 Å². The van der Waals surface area contributed by atoms with Crippen molar-refractivity contribution in [1.29, 1.82) is 0 Å². The van der Waals surface area contributed by atoms with Crippen LogP contribution in [0.4, 0.5) is 18.9 Å². The number of benzene rings is 2. The van der Waals surface area contributed by atoms with Crippen molar-refractivity contribution < 1.29 is 32.6 Å². The zero-order valence-corrected chi connectivity index (χ0v) is 19.5. The number of nitrogens with zero attached hydrogens (tertiary/aromatic N) is 2. The largest absolute Gasteiger partial charge is 0.573 e. The number of hydrogen-bond acceptors (Lipinski definition) is 6. The summed E-state index contributed by atoms with van der Waals surface area (Å²) in [6.45, 7) is 2.52. The summed E-state index contributed by atoms with van der Waals surface area (Å²) in [4.78, 5) is 25.5. The van der Waals surface area contributed by atoms with E-state index in [9.17, 15) is 18.0 Å². The fraction of sp³-hybridized carbons (Fsp3) is 0.333. The van der Waals surface area contributed by atoms with Crippen LogP contribution in [0.3, 0.4) is 0 Å². The molecule has 13 heteroatoms. The van der Waals surface area contributed by atoms with Crippen molar-refractivity contribution in [1.82, 2.24) is 15.2 Å². The molecule has 0 aromatic heterocycles. The average molecular weight is 523 g/mol. The Hall–Kier alpha value is -2.73. The molecule has 0 saturated carbocycles. The standard InChI is InChI=1S/C20H21Cl2F3N4O2.CH2O2/c1-28-6-8-29(9-7-28)18(13-2-4-17(5-3-13)31-20(23,24)25)19(30)27-26-16-11-14(21)10-15(22)12-16;2-1-3/h2-5,10-12,18,26H,6-9H2,1H3,(H,27,30);1H,(H,2,3). The molecule has 0 radical (unpaired) electrons. The molecular formula is C21H23Cl2F3N4O4. The lowest BCUT2D eigenvalue weighted by Crippen LogP contribution is -2.50. The highest BCUT2D eigenvalue weighted by Gasteiger charge is 2.32. The van der Waals surface area contributed by atoms with Gasteiger partial charge in [0, 0.05) is 36.2 Å². The quantitative estimate of drug-likeness (QED) is 0.389. The highest BCUT2D eigenvalue weighted by molar-refractivity contribution is 6.35. The number of anilines is 1. The van der Waals surface area contributed by atoms with Crippen LogP contribution in [0.25, 0.3) is 0 Å². The normalized spacial score (nSPS) is 15.5. The smallest absolute Gasteiger partial charge is 0.483 e. The van der Waals surface area contributed by atoms with E-state index in [1.54, 1.807) is 18.2 Å². The zero-order valence-electron chi connectivity index (χ0n) is 18.0. The monoisotopic (exact) mass is 522 g/mol. The Morgan fingerprint density at radius 2 is 1.62 bits per heavy atom. The van der Waals surface area contributed by atoms with Crippen molar-refractivity contribution in [3.8, 4) is 5.75 Å². The third-order valence-electron chi connectivity index (χ3n) is 4.77. The van der Waals surface area contributed by atoms with Crippen molar-refractivity contribution in [2.45, 2.75) is 12.4 Å². The molecule has 2 aromatic rings. The first kappa shape index (κ1) is 27.5. The predicted molar refractivity (Wildman–Crippen MR) is 122 cm³/mol. The number of hydrogen-bond donors (Lipinski definition) is 3. The number of carbonyl (C=O) groups is 2. The van der Waals surface area contributed by atoms with Gasteiger partial charge in [0.15, 0.2) is 0 Å². The molecule has 1 aliphatic heterocycles. The van der Waals surface area contributed by atoms with Gasteiger partial charge in [-0.1, -0.05) is 35.3 Å². The highest BCUT2D eigenvalue weighted by Crippen LogP contribution is 2.28. The topological polar surface area (TPSA) is 94.1 Å². The third-order valence-corrected chi connectivity index (χ3v) is 5.21. The molecule has 1 fully saturated rings. The maximum atomic E-state index is 13.1. The van der Waals surface area contributed by atoms with E-state index in [4.69, 9.17) is 33.1 Å². The number of amides is 1. The number of halogens is 5. The Labute approximate surface area is 204 Å². The van der Waals surface area contributed by atoms with E-state index in [-0.39, 0.29) is 18.1 Å². The van der Waals surface area contributed by atoms with Gasteiger partial charge in [-0.3, -0.25) is 25.3 Å². The Bertz CT molecular complexity index is 936. The molecule has 1 aliphatic rings. The molecule has 0 aliphatic carbocycles. The van der Waals surface area contributed by atoms with Crippen LogP contribution in [0, 0.1) is 0 Å². The number of rotatable bonds is 6. The molecule has 186 valence electrons. The Kier molecular flexibility index (Phi) is 10.2. The number of carbonyl (C=O) groups excluding carboxylic acids is 1. The second kappa shape index (κ2) is 12.7. The predicted octanol–water partition coefficient (Wildman–Crippen LogP) is 4.02. The summed E-state index contributed by atoms with van der Waals surface area (Å²) in [6.07, 6.45) is -4.78. The molecule has 1 saturated heterocycles. The number of nitrogens with one attached hydrogen (secondary N) is 2. The summed E-state index contributed by atoms with van der Waals surface area (Å²) in [6, 6.07) is 9.36. The molecule has 34 heavy (non-hydrogen) atoms. The van der Waals surface area contributed by atoms with Crippen LogP contribution in [0.2, 0.25) is 10.0 Å². The second-order valence-electron chi connectivity index (χ2n) is 7.24. The molecule has 1 heterocycles. The minimum absolute atomic E-state index is 0.250. The summed E-state index contributed by atoms with van der Waals surface area (Å²) in [5.41, 5.74) is 6.47. The first-order chi connectivity index (χ1) is 16.0. The van der Waals surface area contributed by atoms with E-state index in [2.05, 4.69) is 20.5 Å². The van der Waals surface area contributed by atoms with Gasteiger partial charge in [0.25, 0.3) is 12.4 Å². The van der Waals surface area contributed by atoms with Crippen LogP contribution < -0.4 is 15.6 Å². The Morgan fingerprint density at radius 1 is 1.09 bits per heavy atom. The van der Waals surface area contributed by atoms with Crippen molar-refractivity contribution in [2.75, 3.05) is 38.7 Å². The van der Waals surface area contributed by atoms with Gasteiger partial charge in [-0.25, -0.2) is 0 Å². The zero-order chi connectivity index (χ0) is 25.3. The van der Waals surface area contributed by atoms with Gasteiger partial charge in [-0.15, -0.1) is 13.2 Å². The molecule has 0 spiro atoms. The molecule has 8 nitrogen and oxygen atoms in total. The molecule has 3 N–H and O–H groups in total. The maximum Gasteiger partial charge on any atom is 0.573 e. The summed E-state index contributed by atoms with van der Waals surface area (Å²) in [5.74, 6) is -0.717. The van der Waals surface area contributed by atoms with E-state index in [1.165, 1.54) is 24.3 Å². The number of likely N-dealkylation sites (N-methyl/N-ethyl adjacent to an activating group) is 1. The van der Waals surface area contributed by atoms with Crippen LogP contribution >= 0.6 is 23.2 Å². The first-order valence-electron chi connectivity index (χ1n) is 9.90. The van der Waals surface area contributed by atoms with Gasteiger partial charge >= 0.3 is 6.36 Å². The molecule has 1 atom stereocenters. The van der Waals surface area contributed by atoms with Crippen molar-refractivity contribution >= 4 is 41.3 Å². The lowest BCUT2D eigenvalue weighted by molar-refractivity contribution is -0.274.